The van der Waals surface area contributed by atoms with Gasteiger partial charge in [0, 0.05) is 17.0 Å². The predicted octanol–water partition coefficient (Wildman–Crippen LogP) is 10.2. The summed E-state index contributed by atoms with van der Waals surface area (Å²) in [6.45, 7) is 29.2. The first-order valence-electron chi connectivity index (χ1n) is 12.7. The molecule has 188 valence electrons. The van der Waals surface area contributed by atoms with Crippen LogP contribution in [0.25, 0.3) is 0 Å². The van der Waals surface area contributed by atoms with E-state index in [1.807, 2.05) is 0 Å². The van der Waals surface area contributed by atoms with E-state index in [0.717, 1.165) is 22.4 Å². The van der Waals surface area contributed by atoms with Gasteiger partial charge in [-0.15, -0.1) is 0 Å². The van der Waals surface area contributed by atoms with Crippen LogP contribution in [0.4, 0.5) is 4.20 Å². The molecule has 0 aromatic heterocycles. The first-order valence-corrected chi connectivity index (χ1v) is 14.0. The van der Waals surface area contributed by atoms with Gasteiger partial charge >= 0.3 is 0 Å². The number of rotatable bonds is 0. The summed E-state index contributed by atoms with van der Waals surface area (Å²) in [5, 5.41) is 0. The molecule has 2 atom stereocenters. The fourth-order valence-electron chi connectivity index (χ4n) is 4.85. The monoisotopic (exact) mass is 484 g/mol. The molecule has 0 saturated heterocycles. The van der Waals surface area contributed by atoms with Gasteiger partial charge in [0.2, 0.25) is 0 Å². The Labute approximate surface area is 209 Å². The van der Waals surface area contributed by atoms with Crippen LogP contribution in [0.2, 0.25) is 0 Å². The highest BCUT2D eigenvalue weighted by atomic mass is 31.2. The van der Waals surface area contributed by atoms with Crippen LogP contribution in [0, 0.1) is 0 Å². The van der Waals surface area contributed by atoms with Gasteiger partial charge in [0.1, 0.15) is 5.75 Å². The third-order valence-corrected chi connectivity index (χ3v) is 8.10. The Morgan fingerprint density at radius 1 is 0.676 bits per heavy atom. The second kappa shape index (κ2) is 8.62. The zero-order valence-electron chi connectivity index (χ0n) is 23.8. The maximum atomic E-state index is 15.8. The SMILES string of the molecule is CC1c2cc(C(C)(C)C)cc(C(C)(C)C)c2CP(F)Oc2c1cc(C(C)(C)C)cc2C(C)(C)C. The summed E-state index contributed by atoms with van der Waals surface area (Å²) in [6.07, 6.45) is 0.343. The molecule has 0 saturated carbocycles. The van der Waals surface area contributed by atoms with Crippen LogP contribution in [-0.2, 0) is 27.8 Å². The molecule has 0 amide bonds. The Bertz CT molecular complexity index is 986. The molecule has 1 nitrogen and oxygen atoms in total. The molecule has 1 aliphatic heterocycles. The average Bonchev–Trinajstić information content (AvgIpc) is 2.63. The Kier molecular flexibility index (Phi) is 6.89. The molecule has 0 N–H and O–H groups in total. The van der Waals surface area contributed by atoms with Crippen molar-refractivity contribution >= 4 is 8.46 Å². The molecular weight excluding hydrogens is 438 g/mol. The number of fused-ring (bicyclic) bond motifs is 2. The number of hydrogen-bond donors (Lipinski definition) is 0. The van der Waals surface area contributed by atoms with Gasteiger partial charge < -0.3 is 4.52 Å². The Morgan fingerprint density at radius 3 is 1.56 bits per heavy atom. The van der Waals surface area contributed by atoms with Crippen molar-refractivity contribution in [1.29, 1.82) is 0 Å². The van der Waals surface area contributed by atoms with Crippen LogP contribution in [0.15, 0.2) is 24.3 Å². The minimum absolute atomic E-state index is 0.00970. The zero-order chi connectivity index (χ0) is 26.0. The molecule has 2 unspecified atom stereocenters. The van der Waals surface area contributed by atoms with E-state index in [-0.39, 0.29) is 27.6 Å². The normalized spacial score (nSPS) is 19.6. The molecule has 3 heteroatoms. The minimum atomic E-state index is -2.13. The fraction of sp³-hybridized carbons (Fsp3) is 0.613. The molecule has 0 radical (unpaired) electrons. The summed E-state index contributed by atoms with van der Waals surface area (Å²) >= 11 is 0. The highest BCUT2D eigenvalue weighted by Crippen LogP contribution is 2.55. The third kappa shape index (κ3) is 5.38. The van der Waals surface area contributed by atoms with Gasteiger partial charge in [-0.3, -0.25) is 0 Å². The first-order chi connectivity index (χ1) is 15.2. The lowest BCUT2D eigenvalue weighted by Gasteiger charge is -2.36. The van der Waals surface area contributed by atoms with E-state index in [0.29, 0.717) is 6.16 Å². The third-order valence-electron chi connectivity index (χ3n) is 7.16. The standard InChI is InChI=1S/C31H46FOP/c1-19-22-14-20(28(2,3)4)16-25(30(8,9)10)24(22)18-34(32)33-27-23(19)15-21(29(5,6)7)17-26(27)31(11,12)13/h14-17,19H,18H2,1-13H3. The summed E-state index contributed by atoms with van der Waals surface area (Å²) in [4.78, 5) is 0. The van der Waals surface area contributed by atoms with Gasteiger partial charge in [-0.25, -0.2) is 0 Å². The number of halogens is 1. The molecule has 34 heavy (non-hydrogen) atoms. The predicted molar refractivity (Wildman–Crippen MR) is 148 cm³/mol. The van der Waals surface area contributed by atoms with Gasteiger partial charge in [-0.2, -0.15) is 4.20 Å². The molecule has 1 aliphatic rings. The summed E-state index contributed by atoms with van der Waals surface area (Å²) in [5.41, 5.74) is 8.26. The quantitative estimate of drug-likeness (QED) is 0.338. The maximum Gasteiger partial charge on any atom is 0.280 e. The molecule has 0 spiro atoms. The van der Waals surface area contributed by atoms with E-state index in [1.165, 1.54) is 22.3 Å². The van der Waals surface area contributed by atoms with E-state index >= 15 is 4.20 Å². The van der Waals surface area contributed by atoms with Crippen molar-refractivity contribution in [1.82, 2.24) is 0 Å². The molecule has 2 aromatic carbocycles. The van der Waals surface area contributed by atoms with Gasteiger partial charge in [-0.05, 0) is 49.5 Å². The Hall–Kier alpha value is -1.40. The van der Waals surface area contributed by atoms with Crippen LogP contribution in [0.3, 0.4) is 0 Å². The first kappa shape index (κ1) is 27.2. The molecular formula is C31H46FOP. The van der Waals surface area contributed by atoms with Gasteiger partial charge in [0.25, 0.3) is 8.46 Å². The molecule has 0 aliphatic carbocycles. The Morgan fingerprint density at radius 2 is 1.12 bits per heavy atom. The van der Waals surface area contributed by atoms with E-state index < -0.39 is 8.46 Å². The lowest BCUT2D eigenvalue weighted by Crippen LogP contribution is -2.23. The average molecular weight is 485 g/mol. The highest BCUT2D eigenvalue weighted by molar-refractivity contribution is 7.46. The maximum absolute atomic E-state index is 15.8. The molecule has 2 aromatic rings. The smallest absolute Gasteiger partial charge is 0.280 e. The largest absolute Gasteiger partial charge is 0.443 e. The number of benzene rings is 2. The topological polar surface area (TPSA) is 9.23 Å². The molecule has 3 rings (SSSR count). The van der Waals surface area contributed by atoms with Crippen molar-refractivity contribution in [3.8, 4) is 5.75 Å². The van der Waals surface area contributed by atoms with Crippen molar-refractivity contribution in [3.05, 3.63) is 63.2 Å². The van der Waals surface area contributed by atoms with Crippen LogP contribution in [-0.4, -0.2) is 0 Å². The second-order valence-corrected chi connectivity index (χ2v) is 15.5. The number of hydrogen-bond acceptors (Lipinski definition) is 1. The van der Waals surface area contributed by atoms with Crippen LogP contribution in [0.1, 0.15) is 135 Å². The van der Waals surface area contributed by atoms with E-state index in [4.69, 9.17) is 4.52 Å². The highest BCUT2D eigenvalue weighted by Gasteiger charge is 2.35. The molecule has 0 fully saturated rings. The minimum Gasteiger partial charge on any atom is -0.443 e. The second-order valence-electron chi connectivity index (χ2n) is 14.3. The van der Waals surface area contributed by atoms with Gasteiger partial charge in [0.15, 0.2) is 0 Å². The van der Waals surface area contributed by atoms with Crippen molar-refractivity contribution < 1.29 is 8.72 Å². The lowest BCUT2D eigenvalue weighted by atomic mass is 9.73. The van der Waals surface area contributed by atoms with Crippen LogP contribution >= 0.6 is 8.46 Å². The van der Waals surface area contributed by atoms with Gasteiger partial charge in [0.05, 0.1) is 6.16 Å². The molecule has 1 heterocycles. The summed E-state index contributed by atoms with van der Waals surface area (Å²) in [6, 6.07) is 9.22. The summed E-state index contributed by atoms with van der Waals surface area (Å²) in [5.74, 6) is 0.881. The van der Waals surface area contributed by atoms with Gasteiger partial charge in [-0.1, -0.05) is 114 Å². The van der Waals surface area contributed by atoms with Crippen molar-refractivity contribution in [3.63, 3.8) is 0 Å². The summed E-state index contributed by atoms with van der Waals surface area (Å²) < 4.78 is 22.0. The molecule has 0 bridgehead atoms. The lowest BCUT2D eigenvalue weighted by molar-refractivity contribution is 0.497. The van der Waals surface area contributed by atoms with Crippen LogP contribution < -0.4 is 4.52 Å². The fourth-order valence-corrected chi connectivity index (χ4v) is 5.92. The van der Waals surface area contributed by atoms with E-state index in [9.17, 15) is 0 Å². The van der Waals surface area contributed by atoms with Crippen LogP contribution in [0.5, 0.6) is 5.75 Å². The Balaban J connectivity index is 2.44. The van der Waals surface area contributed by atoms with E-state index in [2.05, 4.69) is 114 Å². The van der Waals surface area contributed by atoms with E-state index in [1.54, 1.807) is 0 Å². The van der Waals surface area contributed by atoms with Crippen molar-refractivity contribution in [2.24, 2.45) is 0 Å². The summed E-state index contributed by atoms with van der Waals surface area (Å²) in [7, 11) is -2.13. The zero-order valence-corrected chi connectivity index (χ0v) is 24.7. The van der Waals surface area contributed by atoms with Crippen molar-refractivity contribution in [2.75, 3.05) is 0 Å². The van der Waals surface area contributed by atoms with Crippen molar-refractivity contribution in [2.45, 2.75) is 124 Å².